The van der Waals surface area contributed by atoms with Crippen molar-refractivity contribution in [3.8, 4) is 28.3 Å². The van der Waals surface area contributed by atoms with Gasteiger partial charge < -0.3 is 15.2 Å². The van der Waals surface area contributed by atoms with Gasteiger partial charge in [0, 0.05) is 5.56 Å². The predicted octanol–water partition coefficient (Wildman–Crippen LogP) is 2.51. The average Bonchev–Trinajstić information content (AvgIpc) is 2.58. The second kappa shape index (κ2) is 5.76. The van der Waals surface area contributed by atoms with E-state index in [1.54, 1.807) is 18.2 Å². The Bertz CT molecular complexity index is 933. The van der Waals surface area contributed by atoms with Crippen LogP contribution in [0.15, 0.2) is 59.4 Å². The molecule has 114 valence electrons. The van der Waals surface area contributed by atoms with Crippen LogP contribution in [0.2, 0.25) is 0 Å². The zero-order valence-corrected chi connectivity index (χ0v) is 11.9. The Morgan fingerprint density at radius 3 is 2.30 bits per heavy atom. The largest absolute Gasteiger partial charge is 0.501 e. The average molecular weight is 308 g/mol. The number of carboxylic acid groups (broad SMARTS) is 1. The highest BCUT2D eigenvalue weighted by Crippen LogP contribution is 2.24. The number of aromatic hydroxyl groups is 1. The fraction of sp³-hybridized carbons (Fsp3) is 0. The van der Waals surface area contributed by atoms with Crippen LogP contribution in [0.4, 0.5) is 0 Å². The van der Waals surface area contributed by atoms with Crippen molar-refractivity contribution in [2.24, 2.45) is 0 Å². The summed E-state index contributed by atoms with van der Waals surface area (Å²) in [7, 11) is 0. The van der Waals surface area contributed by atoms with Gasteiger partial charge >= 0.3 is 5.97 Å². The van der Waals surface area contributed by atoms with Gasteiger partial charge in [-0.15, -0.1) is 0 Å². The second-order valence-electron chi connectivity index (χ2n) is 4.86. The van der Waals surface area contributed by atoms with Crippen molar-refractivity contribution in [2.45, 2.75) is 0 Å². The Kier molecular flexibility index (Phi) is 3.64. The first-order valence-corrected chi connectivity index (χ1v) is 6.78. The molecule has 0 aliphatic rings. The lowest BCUT2D eigenvalue weighted by Crippen LogP contribution is -2.15. The summed E-state index contributed by atoms with van der Waals surface area (Å²) in [5.41, 5.74) is 0.863. The van der Waals surface area contributed by atoms with Crippen molar-refractivity contribution in [3.05, 3.63) is 70.6 Å². The van der Waals surface area contributed by atoms with E-state index in [0.29, 0.717) is 5.56 Å². The third-order valence-electron chi connectivity index (χ3n) is 3.34. The number of aromatic nitrogens is 2. The summed E-state index contributed by atoms with van der Waals surface area (Å²) in [6, 6.07) is 16.8. The van der Waals surface area contributed by atoms with E-state index in [9.17, 15) is 14.7 Å². The fourth-order valence-corrected chi connectivity index (χ4v) is 2.23. The highest BCUT2D eigenvalue weighted by atomic mass is 16.4. The molecular formula is C17H12N2O4. The zero-order chi connectivity index (χ0) is 16.4. The summed E-state index contributed by atoms with van der Waals surface area (Å²) in [5.74, 6) is -2.28. The van der Waals surface area contributed by atoms with E-state index < -0.39 is 23.0 Å². The van der Waals surface area contributed by atoms with Gasteiger partial charge in [-0.1, -0.05) is 48.5 Å². The number of H-pyrrole nitrogens is 1. The minimum atomic E-state index is -1.46. The van der Waals surface area contributed by atoms with E-state index >= 15 is 0 Å². The number of carbonyl (C=O) groups is 1. The molecule has 0 atom stereocenters. The van der Waals surface area contributed by atoms with Gasteiger partial charge in [0.1, 0.15) is 5.82 Å². The molecule has 0 fully saturated rings. The van der Waals surface area contributed by atoms with Crippen LogP contribution in [0.3, 0.4) is 0 Å². The van der Waals surface area contributed by atoms with E-state index in [-0.39, 0.29) is 5.82 Å². The summed E-state index contributed by atoms with van der Waals surface area (Å²) >= 11 is 0. The SMILES string of the molecule is O=C(O)c1nc(-c2cccc(-c3ccccc3)c2)[nH]c(=O)c1O. The van der Waals surface area contributed by atoms with Crippen molar-refractivity contribution in [2.75, 3.05) is 0 Å². The van der Waals surface area contributed by atoms with Gasteiger partial charge in [0.15, 0.2) is 5.69 Å². The number of benzene rings is 2. The summed E-state index contributed by atoms with van der Waals surface area (Å²) < 4.78 is 0. The van der Waals surface area contributed by atoms with E-state index in [2.05, 4.69) is 9.97 Å². The molecule has 0 saturated heterocycles. The Morgan fingerprint density at radius 2 is 1.61 bits per heavy atom. The summed E-state index contributed by atoms with van der Waals surface area (Å²) in [6.07, 6.45) is 0. The van der Waals surface area contributed by atoms with E-state index in [1.165, 1.54) is 0 Å². The molecule has 0 saturated carbocycles. The molecule has 0 unspecified atom stereocenters. The maximum Gasteiger partial charge on any atom is 0.358 e. The number of hydrogen-bond donors (Lipinski definition) is 3. The third-order valence-corrected chi connectivity index (χ3v) is 3.34. The maximum atomic E-state index is 11.7. The van der Waals surface area contributed by atoms with Crippen molar-refractivity contribution < 1.29 is 15.0 Å². The monoisotopic (exact) mass is 308 g/mol. The molecule has 3 rings (SSSR count). The van der Waals surface area contributed by atoms with Crippen molar-refractivity contribution in [1.29, 1.82) is 0 Å². The fourth-order valence-electron chi connectivity index (χ4n) is 2.23. The van der Waals surface area contributed by atoms with Crippen LogP contribution >= 0.6 is 0 Å². The van der Waals surface area contributed by atoms with Crippen LogP contribution in [0, 0.1) is 0 Å². The van der Waals surface area contributed by atoms with Crippen molar-refractivity contribution >= 4 is 5.97 Å². The molecule has 0 aliphatic heterocycles. The molecule has 2 aromatic carbocycles. The van der Waals surface area contributed by atoms with Crippen LogP contribution in [-0.4, -0.2) is 26.2 Å². The van der Waals surface area contributed by atoms with Gasteiger partial charge in [0.05, 0.1) is 0 Å². The lowest BCUT2D eigenvalue weighted by Gasteiger charge is -2.06. The Hall–Kier alpha value is -3.41. The van der Waals surface area contributed by atoms with Gasteiger partial charge in [-0.3, -0.25) is 4.79 Å². The first kappa shape index (κ1) is 14.5. The molecule has 0 radical (unpaired) electrons. The van der Waals surface area contributed by atoms with Crippen molar-refractivity contribution in [3.63, 3.8) is 0 Å². The van der Waals surface area contributed by atoms with E-state index in [0.717, 1.165) is 11.1 Å². The quantitative estimate of drug-likeness (QED) is 0.689. The highest BCUT2D eigenvalue weighted by molar-refractivity contribution is 5.88. The van der Waals surface area contributed by atoms with Gasteiger partial charge in [-0.25, -0.2) is 9.78 Å². The van der Waals surface area contributed by atoms with Gasteiger partial charge in [-0.05, 0) is 17.2 Å². The van der Waals surface area contributed by atoms with Gasteiger partial charge in [-0.2, -0.15) is 0 Å². The Morgan fingerprint density at radius 1 is 0.957 bits per heavy atom. The molecular weight excluding hydrogens is 296 g/mol. The molecule has 23 heavy (non-hydrogen) atoms. The normalized spacial score (nSPS) is 10.4. The van der Waals surface area contributed by atoms with Crippen LogP contribution in [0.5, 0.6) is 5.75 Å². The lowest BCUT2D eigenvalue weighted by molar-refractivity contribution is 0.0686. The van der Waals surface area contributed by atoms with Crippen LogP contribution in [0.1, 0.15) is 10.5 Å². The molecule has 1 aromatic heterocycles. The lowest BCUT2D eigenvalue weighted by atomic mass is 10.0. The standard InChI is InChI=1S/C17H12N2O4/c20-14-13(17(22)23)18-15(19-16(14)21)12-8-4-7-11(9-12)10-5-2-1-3-6-10/h1-9,20H,(H,22,23)(H,18,19,21). The molecule has 0 spiro atoms. The third kappa shape index (κ3) is 2.82. The van der Waals surface area contributed by atoms with Gasteiger partial charge in [0.2, 0.25) is 5.75 Å². The molecule has 0 aliphatic carbocycles. The second-order valence-corrected chi connectivity index (χ2v) is 4.86. The number of aromatic carboxylic acids is 1. The van der Waals surface area contributed by atoms with Crippen LogP contribution < -0.4 is 5.56 Å². The molecule has 3 aromatic rings. The zero-order valence-electron chi connectivity index (χ0n) is 11.9. The molecule has 6 heteroatoms. The first-order chi connectivity index (χ1) is 11.1. The van der Waals surface area contributed by atoms with Crippen molar-refractivity contribution in [1.82, 2.24) is 9.97 Å². The Balaban J connectivity index is 2.13. The first-order valence-electron chi connectivity index (χ1n) is 6.78. The highest BCUT2D eigenvalue weighted by Gasteiger charge is 2.17. The summed E-state index contributed by atoms with van der Waals surface area (Å²) in [6.45, 7) is 0. The predicted molar refractivity (Wildman–Crippen MR) is 84.4 cm³/mol. The maximum absolute atomic E-state index is 11.7. The number of nitrogens with zero attached hydrogens (tertiary/aromatic N) is 1. The Labute approximate surface area is 130 Å². The molecule has 1 heterocycles. The van der Waals surface area contributed by atoms with E-state index in [1.807, 2.05) is 36.4 Å². The minimum absolute atomic E-state index is 0.0861. The number of aromatic amines is 1. The number of rotatable bonds is 3. The minimum Gasteiger partial charge on any atom is -0.501 e. The van der Waals surface area contributed by atoms with Gasteiger partial charge in [0.25, 0.3) is 5.56 Å². The molecule has 0 amide bonds. The van der Waals surface area contributed by atoms with E-state index in [4.69, 9.17) is 5.11 Å². The van der Waals surface area contributed by atoms with Crippen LogP contribution in [0.25, 0.3) is 22.5 Å². The summed E-state index contributed by atoms with van der Waals surface area (Å²) in [4.78, 5) is 29.0. The topological polar surface area (TPSA) is 103 Å². The number of carboxylic acids is 1. The molecule has 0 bridgehead atoms. The smallest absolute Gasteiger partial charge is 0.358 e. The number of nitrogens with one attached hydrogen (secondary N) is 1. The number of hydrogen-bond acceptors (Lipinski definition) is 4. The summed E-state index contributed by atoms with van der Waals surface area (Å²) in [5, 5.41) is 18.5. The molecule has 3 N–H and O–H groups in total. The molecule has 6 nitrogen and oxygen atoms in total. The van der Waals surface area contributed by atoms with Crippen LogP contribution in [-0.2, 0) is 0 Å².